The maximum Gasteiger partial charge on any atom is 0.330 e. The molecule has 128 valence electrons. The van der Waals surface area contributed by atoms with Crippen LogP contribution in [0.25, 0.3) is 0 Å². The zero-order valence-electron chi connectivity index (χ0n) is 13.1. The molecular weight excluding hydrogens is 400 g/mol. The van der Waals surface area contributed by atoms with E-state index in [0.29, 0.717) is 15.2 Å². The average Bonchev–Trinajstić information content (AvgIpc) is 3.38. The second-order valence-corrected chi connectivity index (χ2v) is 6.59. The predicted octanol–water partition coefficient (Wildman–Crippen LogP) is 3.00. The fourth-order valence-electron chi connectivity index (χ4n) is 2.06. The zero-order valence-corrected chi connectivity index (χ0v) is 15.5. The Bertz CT molecular complexity index is 716. The minimum absolute atomic E-state index is 0.220. The topological polar surface area (TPSA) is 75.7 Å². The maximum atomic E-state index is 12.6. The predicted molar refractivity (Wildman–Crippen MR) is 94.1 cm³/mol. The van der Waals surface area contributed by atoms with Crippen molar-refractivity contribution in [3.8, 4) is 0 Å². The lowest BCUT2D eigenvalue weighted by atomic mass is 10.1. The van der Waals surface area contributed by atoms with E-state index in [0.717, 1.165) is 25.0 Å². The summed E-state index contributed by atoms with van der Waals surface area (Å²) in [6.07, 6.45) is 3.96. The number of hydrogen-bond acceptors (Lipinski definition) is 4. The Morgan fingerprint density at radius 3 is 2.58 bits per heavy atom. The highest BCUT2D eigenvalue weighted by atomic mass is 79.9. The molecule has 1 aromatic carbocycles. The maximum absolute atomic E-state index is 12.6. The van der Waals surface area contributed by atoms with Gasteiger partial charge in [-0.2, -0.15) is 0 Å². The molecule has 0 atom stereocenters. The number of methoxy groups -OCH3 is 1. The Morgan fingerprint density at radius 2 is 2.00 bits per heavy atom. The fraction of sp³-hybridized carbons (Fsp3) is 0.312. The summed E-state index contributed by atoms with van der Waals surface area (Å²) in [6.45, 7) is 0. The van der Waals surface area contributed by atoms with Gasteiger partial charge in [-0.15, -0.1) is 0 Å². The highest BCUT2D eigenvalue weighted by Gasteiger charge is 2.31. The van der Waals surface area contributed by atoms with E-state index in [2.05, 4.69) is 26.0 Å². The summed E-state index contributed by atoms with van der Waals surface area (Å²) in [5, 5.41) is 2.97. The Labute approximate surface area is 152 Å². The van der Waals surface area contributed by atoms with Gasteiger partial charge in [0.05, 0.1) is 18.4 Å². The summed E-state index contributed by atoms with van der Waals surface area (Å²) < 4.78 is 4.90. The van der Waals surface area contributed by atoms with Crippen molar-refractivity contribution in [2.45, 2.75) is 18.9 Å². The molecule has 0 heterocycles. The van der Waals surface area contributed by atoms with Crippen LogP contribution in [0.2, 0.25) is 5.02 Å². The van der Waals surface area contributed by atoms with Gasteiger partial charge in [0, 0.05) is 34.7 Å². The molecule has 1 aliphatic rings. The third-order valence-electron chi connectivity index (χ3n) is 3.52. The molecule has 2 rings (SSSR count). The molecule has 0 aromatic heterocycles. The molecule has 0 spiro atoms. The van der Waals surface area contributed by atoms with Crippen LogP contribution in [0.1, 0.15) is 23.2 Å². The number of halogens is 2. The first-order valence-electron chi connectivity index (χ1n) is 7.16. The van der Waals surface area contributed by atoms with Gasteiger partial charge in [-0.05, 0) is 40.9 Å². The van der Waals surface area contributed by atoms with Gasteiger partial charge in [-0.1, -0.05) is 11.6 Å². The number of esters is 1. The number of rotatable bonds is 5. The summed E-state index contributed by atoms with van der Waals surface area (Å²) in [5.41, 5.74) is 0.583. The summed E-state index contributed by atoms with van der Waals surface area (Å²) >= 11 is 9.34. The van der Waals surface area contributed by atoms with Gasteiger partial charge >= 0.3 is 5.97 Å². The second-order valence-electron chi connectivity index (χ2n) is 5.30. The van der Waals surface area contributed by atoms with E-state index >= 15 is 0 Å². The molecule has 1 aliphatic carbocycles. The van der Waals surface area contributed by atoms with Crippen LogP contribution in [0.4, 0.5) is 5.69 Å². The first-order chi connectivity index (χ1) is 11.3. The Kier molecular flexibility index (Phi) is 6.01. The van der Waals surface area contributed by atoms with Crippen molar-refractivity contribution in [3.05, 3.63) is 39.3 Å². The molecule has 1 saturated carbocycles. The van der Waals surface area contributed by atoms with Gasteiger partial charge in [0.25, 0.3) is 5.91 Å². The molecule has 1 aromatic rings. The van der Waals surface area contributed by atoms with E-state index in [-0.39, 0.29) is 17.5 Å². The number of ether oxygens (including phenoxy) is 1. The third-order valence-corrected chi connectivity index (χ3v) is 4.36. The number of nitrogens with one attached hydrogen (secondary N) is 1. The van der Waals surface area contributed by atoms with Crippen LogP contribution in [0, 0.1) is 0 Å². The van der Waals surface area contributed by atoms with E-state index in [4.69, 9.17) is 11.6 Å². The normalized spacial score (nSPS) is 13.7. The Balaban J connectivity index is 2.27. The Morgan fingerprint density at radius 1 is 1.33 bits per heavy atom. The van der Waals surface area contributed by atoms with Crippen molar-refractivity contribution in [2.75, 3.05) is 19.5 Å². The van der Waals surface area contributed by atoms with Crippen molar-refractivity contribution in [1.29, 1.82) is 0 Å². The minimum Gasteiger partial charge on any atom is -0.466 e. The van der Waals surface area contributed by atoms with Crippen molar-refractivity contribution in [1.82, 2.24) is 4.90 Å². The van der Waals surface area contributed by atoms with E-state index < -0.39 is 11.9 Å². The largest absolute Gasteiger partial charge is 0.466 e. The molecule has 1 N–H and O–H groups in total. The summed E-state index contributed by atoms with van der Waals surface area (Å²) in [5.74, 6) is -1.44. The fourth-order valence-corrected chi connectivity index (χ4v) is 2.97. The van der Waals surface area contributed by atoms with E-state index in [1.54, 1.807) is 18.0 Å². The average molecular weight is 416 g/mol. The molecule has 6 nitrogen and oxygen atoms in total. The van der Waals surface area contributed by atoms with Crippen LogP contribution in [0.15, 0.2) is 28.8 Å². The van der Waals surface area contributed by atoms with E-state index in [1.807, 2.05) is 0 Å². The van der Waals surface area contributed by atoms with Crippen LogP contribution in [-0.2, 0) is 14.3 Å². The molecule has 0 bridgehead atoms. The van der Waals surface area contributed by atoms with Crippen molar-refractivity contribution in [2.24, 2.45) is 0 Å². The summed E-state index contributed by atoms with van der Waals surface area (Å²) in [6, 6.07) is 3.31. The first-order valence-corrected chi connectivity index (χ1v) is 8.33. The van der Waals surface area contributed by atoms with Gasteiger partial charge in [-0.3, -0.25) is 9.59 Å². The molecule has 8 heteroatoms. The van der Waals surface area contributed by atoms with Crippen molar-refractivity contribution < 1.29 is 19.1 Å². The van der Waals surface area contributed by atoms with Crippen LogP contribution >= 0.6 is 27.5 Å². The SMILES string of the molecule is COC(=O)/C=C/C(=O)Nc1c(Br)cc(Cl)cc1C(=O)N(C)C1CC1. The smallest absolute Gasteiger partial charge is 0.330 e. The van der Waals surface area contributed by atoms with Gasteiger partial charge < -0.3 is 15.0 Å². The quantitative estimate of drug-likeness (QED) is 0.592. The highest BCUT2D eigenvalue weighted by molar-refractivity contribution is 9.10. The van der Waals surface area contributed by atoms with Crippen LogP contribution in [0.3, 0.4) is 0 Å². The third kappa shape index (κ3) is 4.58. The highest BCUT2D eigenvalue weighted by Crippen LogP contribution is 2.34. The molecule has 24 heavy (non-hydrogen) atoms. The van der Waals surface area contributed by atoms with Crippen LogP contribution < -0.4 is 5.32 Å². The number of carbonyl (C=O) groups excluding carboxylic acids is 3. The summed E-state index contributed by atoms with van der Waals surface area (Å²) in [4.78, 5) is 37.3. The number of amides is 2. The van der Waals surface area contributed by atoms with Crippen LogP contribution in [0.5, 0.6) is 0 Å². The lowest BCUT2D eigenvalue weighted by molar-refractivity contribution is -0.135. The van der Waals surface area contributed by atoms with E-state index in [9.17, 15) is 14.4 Å². The number of anilines is 1. The summed E-state index contributed by atoms with van der Waals surface area (Å²) in [7, 11) is 2.93. The number of nitrogens with zero attached hydrogens (tertiary/aromatic N) is 1. The first kappa shape index (κ1) is 18.5. The molecule has 0 radical (unpaired) electrons. The molecule has 2 amide bonds. The standard InChI is InChI=1S/C16H16BrClN2O4/c1-20(10-3-4-10)16(23)11-7-9(18)8-12(17)15(11)19-13(21)5-6-14(22)24-2/h5-8,10H,3-4H2,1-2H3,(H,19,21)/b6-5+. The molecule has 0 unspecified atom stereocenters. The van der Waals surface area contributed by atoms with Crippen molar-refractivity contribution in [3.63, 3.8) is 0 Å². The van der Waals surface area contributed by atoms with Gasteiger partial charge in [0.2, 0.25) is 5.91 Å². The number of benzene rings is 1. The van der Waals surface area contributed by atoms with Gasteiger partial charge in [-0.25, -0.2) is 4.79 Å². The number of hydrogen-bond donors (Lipinski definition) is 1. The Hall–Kier alpha value is -1.86. The molecule has 0 aliphatic heterocycles. The number of carbonyl (C=O) groups is 3. The lowest BCUT2D eigenvalue weighted by Gasteiger charge is -2.19. The van der Waals surface area contributed by atoms with Gasteiger partial charge in [0.1, 0.15) is 0 Å². The lowest BCUT2D eigenvalue weighted by Crippen LogP contribution is -2.30. The van der Waals surface area contributed by atoms with Crippen molar-refractivity contribution >= 4 is 51.0 Å². The molecule has 0 saturated heterocycles. The minimum atomic E-state index is -0.648. The monoisotopic (exact) mass is 414 g/mol. The van der Waals surface area contributed by atoms with Crippen LogP contribution in [-0.4, -0.2) is 42.9 Å². The van der Waals surface area contributed by atoms with E-state index in [1.165, 1.54) is 13.2 Å². The second kappa shape index (κ2) is 7.81. The van der Waals surface area contributed by atoms with Gasteiger partial charge in [0.15, 0.2) is 0 Å². The molecular formula is C16H16BrClN2O4. The zero-order chi connectivity index (χ0) is 17.9. The molecule has 1 fully saturated rings.